The summed E-state index contributed by atoms with van der Waals surface area (Å²) in [6, 6.07) is 15.0. The van der Waals surface area contributed by atoms with E-state index in [0.717, 1.165) is 33.5 Å². The number of benzene rings is 2. The molecule has 2 nitrogen and oxygen atoms in total. The third-order valence-electron chi connectivity index (χ3n) is 2.37. The van der Waals surface area contributed by atoms with E-state index >= 15 is 0 Å². The fourth-order valence-electron chi connectivity index (χ4n) is 1.38. The van der Waals surface area contributed by atoms with Crippen LogP contribution in [0.25, 0.3) is 0 Å². The van der Waals surface area contributed by atoms with Gasteiger partial charge in [-0.25, -0.2) is 0 Å². The van der Waals surface area contributed by atoms with Gasteiger partial charge < -0.3 is 0 Å². The summed E-state index contributed by atoms with van der Waals surface area (Å²) in [7, 11) is 0. The van der Waals surface area contributed by atoms with Crippen LogP contribution in [-0.4, -0.2) is 0 Å². The largest absolute Gasteiger partial charge is 0.287 e. The van der Waals surface area contributed by atoms with Gasteiger partial charge in [-0.1, -0.05) is 47.5 Å². The predicted molar refractivity (Wildman–Crippen MR) is 80.1 cm³/mol. The summed E-state index contributed by atoms with van der Waals surface area (Å²) in [5, 5.41) is 1.44. The molecule has 2 aromatic rings. The molecule has 0 fully saturated rings. The smallest absolute Gasteiger partial charge is 0.159 e. The van der Waals surface area contributed by atoms with E-state index in [4.69, 9.17) is 31.6 Å². The molecule has 100 valence electrons. The Bertz CT molecular complexity index is 452. The molecular formula is C14H12Cl2O2S. The Labute approximate surface area is 127 Å². The van der Waals surface area contributed by atoms with Crippen LogP contribution in [-0.2, 0) is 21.6 Å². The first-order valence-corrected chi connectivity index (χ1v) is 7.06. The monoisotopic (exact) mass is 314 g/mol. The first kappa shape index (κ1) is 14.7. The van der Waals surface area contributed by atoms with E-state index in [9.17, 15) is 0 Å². The molecule has 0 unspecified atom stereocenters. The topological polar surface area (TPSA) is 18.5 Å². The highest BCUT2D eigenvalue weighted by Gasteiger charge is 1.97. The molecule has 19 heavy (non-hydrogen) atoms. The van der Waals surface area contributed by atoms with E-state index in [-0.39, 0.29) is 0 Å². The van der Waals surface area contributed by atoms with E-state index in [1.165, 1.54) is 0 Å². The molecule has 0 amide bonds. The van der Waals surface area contributed by atoms with Crippen molar-refractivity contribution in [2.24, 2.45) is 0 Å². The molecule has 0 heterocycles. The van der Waals surface area contributed by atoms with Crippen LogP contribution >= 0.6 is 35.5 Å². The highest BCUT2D eigenvalue weighted by molar-refractivity contribution is 7.89. The van der Waals surface area contributed by atoms with Crippen molar-refractivity contribution in [3.63, 3.8) is 0 Å². The lowest BCUT2D eigenvalue weighted by Crippen LogP contribution is -1.89. The molecule has 0 atom stereocenters. The third kappa shape index (κ3) is 5.43. The third-order valence-corrected chi connectivity index (χ3v) is 3.31. The lowest BCUT2D eigenvalue weighted by Gasteiger charge is -2.04. The van der Waals surface area contributed by atoms with Crippen LogP contribution < -0.4 is 0 Å². The van der Waals surface area contributed by atoms with Crippen LogP contribution in [0.5, 0.6) is 0 Å². The Hall–Kier alpha value is -0.710. The zero-order valence-corrected chi connectivity index (χ0v) is 12.3. The minimum atomic E-state index is 0.475. The molecule has 0 spiro atoms. The van der Waals surface area contributed by atoms with Gasteiger partial charge in [0.2, 0.25) is 0 Å². The Morgan fingerprint density at radius 2 is 1.05 bits per heavy atom. The van der Waals surface area contributed by atoms with Gasteiger partial charge in [0.05, 0.1) is 13.2 Å². The average molecular weight is 315 g/mol. The van der Waals surface area contributed by atoms with Gasteiger partial charge in [0.1, 0.15) is 0 Å². The Kier molecular flexibility index (Phi) is 6.01. The second-order valence-corrected chi connectivity index (χ2v) is 5.33. The summed E-state index contributed by atoms with van der Waals surface area (Å²) in [6.45, 7) is 0.949. The van der Waals surface area contributed by atoms with Crippen LogP contribution in [0.3, 0.4) is 0 Å². The summed E-state index contributed by atoms with van der Waals surface area (Å²) in [4.78, 5) is 0. The van der Waals surface area contributed by atoms with Crippen molar-refractivity contribution in [1.29, 1.82) is 0 Å². The summed E-state index contributed by atoms with van der Waals surface area (Å²) < 4.78 is 10.7. The first-order valence-electron chi connectivity index (χ1n) is 5.64. The van der Waals surface area contributed by atoms with E-state index in [1.807, 2.05) is 48.5 Å². The van der Waals surface area contributed by atoms with Crippen molar-refractivity contribution in [2.45, 2.75) is 13.2 Å². The van der Waals surface area contributed by atoms with Crippen molar-refractivity contribution < 1.29 is 8.37 Å². The predicted octanol–water partition coefficient (Wildman–Crippen LogP) is 5.29. The molecule has 0 saturated carbocycles. The molecule has 2 aromatic carbocycles. The lowest BCUT2D eigenvalue weighted by molar-refractivity contribution is 0.273. The molecule has 0 aliphatic carbocycles. The fourth-order valence-corrected chi connectivity index (χ4v) is 2.07. The summed E-state index contributed by atoms with van der Waals surface area (Å²) in [6.07, 6.45) is 0. The van der Waals surface area contributed by atoms with Crippen LogP contribution in [0.1, 0.15) is 11.1 Å². The van der Waals surface area contributed by atoms with Gasteiger partial charge in [-0.05, 0) is 35.4 Å². The number of rotatable bonds is 6. The second kappa shape index (κ2) is 7.78. The molecule has 0 saturated heterocycles. The average Bonchev–Trinajstić information content (AvgIpc) is 2.43. The van der Waals surface area contributed by atoms with Crippen LogP contribution in [0, 0.1) is 0 Å². The molecule has 0 bridgehead atoms. The molecule has 0 N–H and O–H groups in total. The standard InChI is InChI=1S/C14H12Cl2O2S/c15-13-5-1-11(2-6-13)9-17-19-18-10-12-3-7-14(16)8-4-12/h1-8H,9-10H2. The molecule has 0 aromatic heterocycles. The van der Waals surface area contributed by atoms with E-state index in [2.05, 4.69) is 0 Å². The van der Waals surface area contributed by atoms with Gasteiger partial charge in [-0.15, -0.1) is 0 Å². The molecule has 0 aliphatic rings. The maximum atomic E-state index is 5.79. The van der Waals surface area contributed by atoms with Crippen LogP contribution in [0.2, 0.25) is 10.0 Å². The van der Waals surface area contributed by atoms with Gasteiger partial charge in [-0.3, -0.25) is 8.37 Å². The maximum absolute atomic E-state index is 5.79. The van der Waals surface area contributed by atoms with Crippen molar-refractivity contribution in [3.8, 4) is 0 Å². The summed E-state index contributed by atoms with van der Waals surface area (Å²) >= 11 is 12.6. The van der Waals surface area contributed by atoms with Crippen molar-refractivity contribution in [2.75, 3.05) is 0 Å². The van der Waals surface area contributed by atoms with E-state index in [1.54, 1.807) is 0 Å². The molecule has 5 heteroatoms. The Morgan fingerprint density at radius 1 is 0.684 bits per heavy atom. The quantitative estimate of drug-likeness (QED) is 0.533. The normalized spacial score (nSPS) is 10.6. The Balaban J connectivity index is 1.64. The number of halogens is 2. The zero-order valence-electron chi connectivity index (χ0n) is 10.0. The maximum Gasteiger partial charge on any atom is 0.159 e. The van der Waals surface area contributed by atoms with Gasteiger partial charge in [0.25, 0.3) is 0 Å². The highest BCUT2D eigenvalue weighted by atomic mass is 35.5. The van der Waals surface area contributed by atoms with Gasteiger partial charge in [0.15, 0.2) is 12.3 Å². The summed E-state index contributed by atoms with van der Waals surface area (Å²) in [5.74, 6) is 0. The highest BCUT2D eigenvalue weighted by Crippen LogP contribution is 2.16. The molecular weight excluding hydrogens is 303 g/mol. The minimum absolute atomic E-state index is 0.475. The van der Waals surface area contributed by atoms with Crippen molar-refractivity contribution in [1.82, 2.24) is 0 Å². The van der Waals surface area contributed by atoms with E-state index in [0.29, 0.717) is 13.2 Å². The molecule has 0 aliphatic heterocycles. The van der Waals surface area contributed by atoms with E-state index < -0.39 is 0 Å². The zero-order chi connectivity index (χ0) is 13.5. The van der Waals surface area contributed by atoms with Crippen molar-refractivity contribution >= 4 is 35.5 Å². The van der Waals surface area contributed by atoms with Crippen LogP contribution in [0.15, 0.2) is 48.5 Å². The summed E-state index contributed by atoms with van der Waals surface area (Å²) in [5.41, 5.74) is 2.10. The fraction of sp³-hybridized carbons (Fsp3) is 0.143. The Morgan fingerprint density at radius 3 is 1.42 bits per heavy atom. The minimum Gasteiger partial charge on any atom is -0.287 e. The molecule has 2 rings (SSSR count). The van der Waals surface area contributed by atoms with Crippen LogP contribution in [0.4, 0.5) is 0 Å². The first-order chi connectivity index (χ1) is 9.24. The SMILES string of the molecule is Clc1ccc(COSOCc2ccc(Cl)cc2)cc1. The van der Waals surface area contributed by atoms with Crippen molar-refractivity contribution in [3.05, 3.63) is 69.7 Å². The lowest BCUT2D eigenvalue weighted by atomic mass is 10.2. The van der Waals surface area contributed by atoms with Gasteiger partial charge >= 0.3 is 0 Å². The number of hydrogen-bond donors (Lipinski definition) is 0. The molecule has 0 radical (unpaired) electrons. The second-order valence-electron chi connectivity index (χ2n) is 3.85. The van der Waals surface area contributed by atoms with Gasteiger partial charge in [-0.2, -0.15) is 0 Å². The van der Waals surface area contributed by atoms with Gasteiger partial charge in [0, 0.05) is 10.0 Å². The number of hydrogen-bond acceptors (Lipinski definition) is 3.